The number of rotatable bonds is 7. The van der Waals surface area contributed by atoms with E-state index < -0.39 is 18.5 Å². The SMILES string of the molecule is Cc1cc(C)nc(-n2nc(C)cc2NC(=O)COC(=O)Cc2nc(-c3cccs3)oc2C)n1. The van der Waals surface area contributed by atoms with Gasteiger partial charge >= 0.3 is 5.97 Å². The lowest BCUT2D eigenvalue weighted by Crippen LogP contribution is -2.23. The lowest BCUT2D eigenvalue weighted by atomic mass is 10.3. The van der Waals surface area contributed by atoms with Crippen LogP contribution in [0.1, 0.15) is 28.5 Å². The van der Waals surface area contributed by atoms with Crippen molar-refractivity contribution in [1.82, 2.24) is 24.7 Å². The number of thiophene rings is 1. The van der Waals surface area contributed by atoms with E-state index in [1.54, 1.807) is 19.9 Å². The standard InChI is InChI=1S/C22H22N6O4S/c1-12-8-13(2)24-22(23-12)28-18(9-14(3)27-28)26-19(29)11-31-20(30)10-16-15(4)32-21(25-16)17-6-5-7-33-17/h5-9H,10-11H2,1-4H3,(H,26,29). The van der Waals surface area contributed by atoms with Crippen molar-refractivity contribution >= 4 is 29.0 Å². The molecule has 0 unspecified atom stereocenters. The smallest absolute Gasteiger partial charge is 0.312 e. The molecule has 4 rings (SSSR count). The molecule has 4 aromatic rings. The molecule has 0 aliphatic heterocycles. The summed E-state index contributed by atoms with van der Waals surface area (Å²) in [6, 6.07) is 7.31. The van der Waals surface area contributed by atoms with Gasteiger partial charge in [0.25, 0.3) is 11.9 Å². The van der Waals surface area contributed by atoms with E-state index in [2.05, 4.69) is 25.4 Å². The van der Waals surface area contributed by atoms with E-state index in [1.807, 2.05) is 37.4 Å². The number of anilines is 1. The Morgan fingerprint density at radius 3 is 2.55 bits per heavy atom. The van der Waals surface area contributed by atoms with Crippen LogP contribution in [0.4, 0.5) is 5.82 Å². The minimum Gasteiger partial charge on any atom is -0.455 e. The molecule has 0 saturated heterocycles. The first-order valence-electron chi connectivity index (χ1n) is 10.1. The Balaban J connectivity index is 1.37. The molecule has 1 N–H and O–H groups in total. The number of aromatic nitrogens is 5. The van der Waals surface area contributed by atoms with Gasteiger partial charge in [-0.2, -0.15) is 9.78 Å². The molecule has 0 atom stereocenters. The highest BCUT2D eigenvalue weighted by atomic mass is 32.1. The zero-order chi connectivity index (χ0) is 23.5. The number of amides is 1. The van der Waals surface area contributed by atoms with Gasteiger partial charge in [0.15, 0.2) is 6.61 Å². The Hall–Kier alpha value is -3.86. The summed E-state index contributed by atoms with van der Waals surface area (Å²) in [6.07, 6.45) is -0.0958. The van der Waals surface area contributed by atoms with Gasteiger partial charge in [0.1, 0.15) is 11.6 Å². The third-order valence-electron chi connectivity index (χ3n) is 4.56. The molecule has 0 aromatic carbocycles. The van der Waals surface area contributed by atoms with Crippen molar-refractivity contribution in [3.8, 4) is 16.7 Å². The molecular formula is C22H22N6O4S. The Labute approximate surface area is 193 Å². The molecule has 33 heavy (non-hydrogen) atoms. The fourth-order valence-electron chi connectivity index (χ4n) is 3.15. The average Bonchev–Trinajstić information content (AvgIpc) is 3.47. The molecule has 4 heterocycles. The zero-order valence-electron chi connectivity index (χ0n) is 18.6. The van der Waals surface area contributed by atoms with Crippen LogP contribution in [0, 0.1) is 27.7 Å². The van der Waals surface area contributed by atoms with Crippen molar-refractivity contribution in [3.63, 3.8) is 0 Å². The van der Waals surface area contributed by atoms with E-state index in [0.717, 1.165) is 16.3 Å². The van der Waals surface area contributed by atoms with Gasteiger partial charge in [0.2, 0.25) is 5.89 Å². The molecule has 0 spiro atoms. The third kappa shape index (κ3) is 5.32. The largest absolute Gasteiger partial charge is 0.455 e. The normalized spacial score (nSPS) is 10.9. The summed E-state index contributed by atoms with van der Waals surface area (Å²) in [5, 5.41) is 8.96. The lowest BCUT2D eigenvalue weighted by Gasteiger charge is -2.09. The number of carbonyl (C=O) groups is 2. The highest BCUT2D eigenvalue weighted by molar-refractivity contribution is 7.13. The highest BCUT2D eigenvalue weighted by Gasteiger charge is 2.18. The maximum atomic E-state index is 12.4. The van der Waals surface area contributed by atoms with E-state index in [-0.39, 0.29) is 6.42 Å². The summed E-state index contributed by atoms with van der Waals surface area (Å²) < 4.78 is 12.2. The minimum atomic E-state index is -0.582. The van der Waals surface area contributed by atoms with Crippen molar-refractivity contribution in [1.29, 1.82) is 0 Å². The molecular weight excluding hydrogens is 444 g/mol. The topological polar surface area (TPSA) is 125 Å². The van der Waals surface area contributed by atoms with Gasteiger partial charge < -0.3 is 14.5 Å². The van der Waals surface area contributed by atoms with Crippen molar-refractivity contribution in [3.05, 3.63) is 58.2 Å². The number of oxazole rings is 1. The molecule has 4 aromatic heterocycles. The first-order valence-corrected chi connectivity index (χ1v) is 11.0. The van der Waals surface area contributed by atoms with E-state index in [1.165, 1.54) is 16.0 Å². The zero-order valence-corrected chi connectivity index (χ0v) is 19.4. The van der Waals surface area contributed by atoms with Crippen LogP contribution >= 0.6 is 11.3 Å². The number of nitrogens with one attached hydrogen (secondary N) is 1. The molecule has 0 saturated carbocycles. The molecule has 1 amide bonds. The van der Waals surface area contributed by atoms with Gasteiger partial charge in [-0.05, 0) is 45.2 Å². The molecule has 10 nitrogen and oxygen atoms in total. The fourth-order valence-corrected chi connectivity index (χ4v) is 3.80. The Morgan fingerprint density at radius 2 is 1.85 bits per heavy atom. The lowest BCUT2D eigenvalue weighted by molar-refractivity contribution is -0.146. The molecule has 0 fully saturated rings. The van der Waals surface area contributed by atoms with Gasteiger partial charge in [-0.15, -0.1) is 11.3 Å². The monoisotopic (exact) mass is 466 g/mol. The number of ether oxygens (including phenoxy) is 1. The van der Waals surface area contributed by atoms with Gasteiger partial charge in [0.05, 0.1) is 22.7 Å². The molecule has 0 aliphatic rings. The van der Waals surface area contributed by atoms with E-state index in [0.29, 0.717) is 34.8 Å². The van der Waals surface area contributed by atoms with E-state index in [9.17, 15) is 9.59 Å². The van der Waals surface area contributed by atoms with E-state index in [4.69, 9.17) is 9.15 Å². The van der Waals surface area contributed by atoms with Crippen LogP contribution in [0.5, 0.6) is 0 Å². The van der Waals surface area contributed by atoms with Crippen LogP contribution in [0.15, 0.2) is 34.1 Å². The number of hydrogen-bond donors (Lipinski definition) is 1. The van der Waals surface area contributed by atoms with Crippen LogP contribution in [-0.4, -0.2) is 43.2 Å². The van der Waals surface area contributed by atoms with Gasteiger partial charge in [-0.3, -0.25) is 9.59 Å². The molecule has 170 valence electrons. The first-order chi connectivity index (χ1) is 15.8. The quantitative estimate of drug-likeness (QED) is 0.411. The first kappa shape index (κ1) is 22.3. The molecule has 0 bridgehead atoms. The van der Waals surface area contributed by atoms with E-state index >= 15 is 0 Å². The Bertz CT molecular complexity index is 1290. The van der Waals surface area contributed by atoms with Crippen molar-refractivity contribution in [2.75, 3.05) is 11.9 Å². The van der Waals surface area contributed by atoms with Gasteiger partial charge in [-0.25, -0.2) is 15.0 Å². The summed E-state index contributed by atoms with van der Waals surface area (Å²) in [7, 11) is 0. The second kappa shape index (κ2) is 9.33. The number of hydrogen-bond acceptors (Lipinski definition) is 9. The summed E-state index contributed by atoms with van der Waals surface area (Å²) in [5.41, 5.74) is 2.71. The van der Waals surface area contributed by atoms with Gasteiger partial charge in [-0.1, -0.05) is 6.07 Å². The van der Waals surface area contributed by atoms with Crippen LogP contribution in [0.3, 0.4) is 0 Å². The van der Waals surface area contributed by atoms with Gasteiger partial charge in [0, 0.05) is 17.5 Å². The second-order valence-electron chi connectivity index (χ2n) is 7.42. The van der Waals surface area contributed by atoms with Crippen molar-refractivity contribution in [2.24, 2.45) is 0 Å². The fraction of sp³-hybridized carbons (Fsp3) is 0.273. The molecule has 0 aliphatic carbocycles. The number of esters is 1. The summed E-state index contributed by atoms with van der Waals surface area (Å²) >= 11 is 1.49. The number of nitrogens with zero attached hydrogens (tertiary/aromatic N) is 5. The maximum absolute atomic E-state index is 12.4. The minimum absolute atomic E-state index is 0.0958. The molecule has 11 heteroatoms. The summed E-state index contributed by atoms with van der Waals surface area (Å²) in [4.78, 5) is 38.7. The van der Waals surface area contributed by atoms with Crippen LogP contribution in [0.2, 0.25) is 0 Å². The van der Waals surface area contributed by atoms with Crippen molar-refractivity contribution in [2.45, 2.75) is 34.1 Å². The summed E-state index contributed by atoms with van der Waals surface area (Å²) in [5.74, 6) is 0.627. The average molecular weight is 467 g/mol. The second-order valence-corrected chi connectivity index (χ2v) is 8.37. The number of aryl methyl sites for hydroxylation is 4. The Kier molecular flexibility index (Phi) is 6.31. The highest BCUT2D eigenvalue weighted by Crippen LogP contribution is 2.26. The van der Waals surface area contributed by atoms with Crippen LogP contribution < -0.4 is 5.32 Å². The maximum Gasteiger partial charge on any atom is 0.312 e. The van der Waals surface area contributed by atoms with Crippen LogP contribution in [-0.2, 0) is 20.7 Å². The third-order valence-corrected chi connectivity index (χ3v) is 5.42. The number of carbonyl (C=O) groups excluding carboxylic acids is 2. The predicted octanol–water partition coefficient (Wildman–Crippen LogP) is 3.34. The predicted molar refractivity (Wildman–Crippen MR) is 121 cm³/mol. The van der Waals surface area contributed by atoms with Crippen molar-refractivity contribution < 1.29 is 18.7 Å². The Morgan fingerprint density at radius 1 is 1.09 bits per heavy atom. The molecule has 0 radical (unpaired) electrons. The van der Waals surface area contributed by atoms with Crippen LogP contribution in [0.25, 0.3) is 16.7 Å². The summed E-state index contributed by atoms with van der Waals surface area (Å²) in [6.45, 7) is 6.78.